The fraction of sp³-hybridized carbons (Fsp3) is 0.150. The molecule has 3 aromatic rings. The van der Waals surface area contributed by atoms with Gasteiger partial charge in [0.15, 0.2) is 0 Å². The number of ether oxygens (including phenoxy) is 1. The largest absolute Gasteiger partial charge is 0.497 e. The van der Waals surface area contributed by atoms with Gasteiger partial charge < -0.3 is 15.4 Å². The molecule has 0 unspecified atom stereocenters. The van der Waals surface area contributed by atoms with Gasteiger partial charge in [-0.05, 0) is 67.4 Å². The second kappa shape index (κ2) is 7.65. The number of hydrogen-bond acceptors (Lipinski definition) is 5. The van der Waals surface area contributed by atoms with Crippen LogP contribution in [0.4, 0.5) is 17.3 Å². The predicted octanol–water partition coefficient (Wildman–Crippen LogP) is 4.10. The van der Waals surface area contributed by atoms with Crippen molar-refractivity contribution in [3.8, 4) is 5.75 Å². The number of carbonyl (C=O) groups is 1. The van der Waals surface area contributed by atoms with Gasteiger partial charge in [-0.3, -0.25) is 4.79 Å². The van der Waals surface area contributed by atoms with Crippen molar-refractivity contribution in [3.63, 3.8) is 0 Å². The van der Waals surface area contributed by atoms with Gasteiger partial charge in [-0.2, -0.15) is 0 Å². The average molecular weight is 348 g/mol. The van der Waals surface area contributed by atoms with Crippen molar-refractivity contribution >= 4 is 23.2 Å². The Morgan fingerprint density at radius 2 is 1.65 bits per heavy atom. The van der Waals surface area contributed by atoms with E-state index in [0.717, 1.165) is 28.3 Å². The summed E-state index contributed by atoms with van der Waals surface area (Å²) in [7, 11) is 1.61. The molecule has 6 nitrogen and oxygen atoms in total. The van der Waals surface area contributed by atoms with E-state index < -0.39 is 0 Å². The van der Waals surface area contributed by atoms with E-state index in [4.69, 9.17) is 4.74 Å². The summed E-state index contributed by atoms with van der Waals surface area (Å²) in [6.07, 6.45) is 1.55. The van der Waals surface area contributed by atoms with Crippen LogP contribution in [0.25, 0.3) is 0 Å². The Morgan fingerprint density at radius 1 is 0.962 bits per heavy atom. The molecule has 0 radical (unpaired) electrons. The molecule has 132 valence electrons. The molecule has 0 atom stereocenters. The van der Waals surface area contributed by atoms with E-state index in [9.17, 15) is 4.79 Å². The minimum absolute atomic E-state index is 0.282. The Hall–Kier alpha value is -3.41. The van der Waals surface area contributed by atoms with Crippen LogP contribution in [0.1, 0.15) is 21.6 Å². The molecule has 0 fully saturated rings. The normalized spacial score (nSPS) is 10.3. The van der Waals surface area contributed by atoms with E-state index in [1.54, 1.807) is 19.4 Å². The molecule has 0 spiro atoms. The number of carbonyl (C=O) groups excluding carboxylic acids is 1. The number of nitrogens with one attached hydrogen (secondary N) is 2. The van der Waals surface area contributed by atoms with Crippen LogP contribution in [-0.2, 0) is 0 Å². The number of benzene rings is 2. The molecular weight excluding hydrogens is 328 g/mol. The third-order valence-electron chi connectivity index (χ3n) is 3.71. The summed E-state index contributed by atoms with van der Waals surface area (Å²) in [5.74, 6) is 0.830. The molecular formula is C20H20N4O2. The van der Waals surface area contributed by atoms with Crippen LogP contribution in [0, 0.1) is 13.8 Å². The van der Waals surface area contributed by atoms with Gasteiger partial charge in [-0.1, -0.05) is 6.07 Å². The fourth-order valence-electron chi connectivity index (χ4n) is 2.59. The molecule has 0 aliphatic carbocycles. The van der Waals surface area contributed by atoms with Crippen LogP contribution in [-0.4, -0.2) is 23.0 Å². The van der Waals surface area contributed by atoms with E-state index in [1.807, 2.05) is 50.2 Å². The number of methoxy groups -OCH3 is 1. The topological polar surface area (TPSA) is 76.1 Å². The zero-order chi connectivity index (χ0) is 18.5. The van der Waals surface area contributed by atoms with E-state index in [1.165, 1.54) is 0 Å². The first kappa shape index (κ1) is 17.4. The molecule has 0 aliphatic heterocycles. The third kappa shape index (κ3) is 4.36. The second-order valence-corrected chi connectivity index (χ2v) is 5.95. The number of nitrogens with zero attached hydrogens (tertiary/aromatic N) is 2. The summed E-state index contributed by atoms with van der Waals surface area (Å²) in [6, 6.07) is 14.8. The highest BCUT2D eigenvalue weighted by Crippen LogP contribution is 2.18. The Balaban J connectivity index is 1.74. The smallest absolute Gasteiger partial charge is 0.274 e. The van der Waals surface area contributed by atoms with Crippen molar-refractivity contribution in [2.45, 2.75) is 13.8 Å². The molecule has 1 aromatic heterocycles. The summed E-state index contributed by atoms with van der Waals surface area (Å²) < 4.78 is 5.13. The van der Waals surface area contributed by atoms with Gasteiger partial charge in [0.1, 0.15) is 11.4 Å². The van der Waals surface area contributed by atoms with E-state index in [-0.39, 0.29) is 11.6 Å². The minimum Gasteiger partial charge on any atom is -0.497 e. The maximum Gasteiger partial charge on any atom is 0.274 e. The molecule has 26 heavy (non-hydrogen) atoms. The first-order chi connectivity index (χ1) is 12.5. The molecule has 1 amide bonds. The maximum atomic E-state index is 12.5. The first-order valence-electron chi connectivity index (χ1n) is 8.17. The fourth-order valence-corrected chi connectivity index (χ4v) is 2.59. The van der Waals surface area contributed by atoms with Crippen LogP contribution in [0.3, 0.4) is 0 Å². The lowest BCUT2D eigenvalue weighted by atomic mass is 10.1. The van der Waals surface area contributed by atoms with Crippen LogP contribution in [0.2, 0.25) is 0 Å². The molecule has 0 aliphatic rings. The van der Waals surface area contributed by atoms with Gasteiger partial charge in [0.2, 0.25) is 5.95 Å². The van der Waals surface area contributed by atoms with Gasteiger partial charge in [-0.15, -0.1) is 0 Å². The lowest BCUT2D eigenvalue weighted by Crippen LogP contribution is -2.15. The van der Waals surface area contributed by atoms with Gasteiger partial charge in [0, 0.05) is 17.6 Å². The number of aryl methyl sites for hydroxylation is 2. The number of rotatable bonds is 5. The SMILES string of the molecule is COc1ccc(Nc2nccc(C(=O)Nc3cc(C)cc(C)c3)n2)cc1. The highest BCUT2D eigenvalue weighted by molar-refractivity contribution is 6.03. The van der Waals surface area contributed by atoms with Gasteiger partial charge in [0.25, 0.3) is 5.91 Å². The lowest BCUT2D eigenvalue weighted by molar-refractivity contribution is 0.102. The van der Waals surface area contributed by atoms with Crippen molar-refractivity contribution in [3.05, 3.63) is 71.5 Å². The van der Waals surface area contributed by atoms with Crippen molar-refractivity contribution in [2.75, 3.05) is 17.7 Å². The highest BCUT2D eigenvalue weighted by atomic mass is 16.5. The summed E-state index contributed by atoms with van der Waals surface area (Å²) in [4.78, 5) is 20.9. The summed E-state index contributed by atoms with van der Waals surface area (Å²) >= 11 is 0. The standard InChI is InChI=1S/C20H20N4O2/c1-13-10-14(2)12-16(11-13)22-19(25)18-8-9-21-20(24-18)23-15-4-6-17(26-3)7-5-15/h4-12H,1-3H3,(H,22,25)(H,21,23,24). The summed E-state index contributed by atoms with van der Waals surface area (Å²) in [5.41, 5.74) is 4.01. The van der Waals surface area contributed by atoms with Crippen LogP contribution >= 0.6 is 0 Å². The summed E-state index contributed by atoms with van der Waals surface area (Å²) in [5, 5.41) is 5.95. The number of amides is 1. The molecule has 0 saturated carbocycles. The minimum atomic E-state index is -0.282. The number of aromatic nitrogens is 2. The number of anilines is 3. The average Bonchev–Trinajstić information content (AvgIpc) is 2.62. The third-order valence-corrected chi connectivity index (χ3v) is 3.71. The van der Waals surface area contributed by atoms with Crippen molar-refractivity contribution < 1.29 is 9.53 Å². The van der Waals surface area contributed by atoms with Gasteiger partial charge in [0.05, 0.1) is 7.11 Å². The lowest BCUT2D eigenvalue weighted by Gasteiger charge is -2.09. The van der Waals surface area contributed by atoms with Crippen molar-refractivity contribution in [2.24, 2.45) is 0 Å². The monoisotopic (exact) mass is 348 g/mol. The maximum absolute atomic E-state index is 12.5. The predicted molar refractivity (Wildman–Crippen MR) is 102 cm³/mol. The molecule has 0 saturated heterocycles. The van der Waals surface area contributed by atoms with Gasteiger partial charge >= 0.3 is 0 Å². The Kier molecular flexibility index (Phi) is 5.12. The Bertz CT molecular complexity index is 903. The Morgan fingerprint density at radius 3 is 2.31 bits per heavy atom. The van der Waals surface area contributed by atoms with Crippen molar-refractivity contribution in [1.82, 2.24) is 9.97 Å². The van der Waals surface area contributed by atoms with Crippen LogP contribution in [0.5, 0.6) is 5.75 Å². The molecule has 6 heteroatoms. The molecule has 2 N–H and O–H groups in total. The zero-order valence-corrected chi connectivity index (χ0v) is 14.9. The van der Waals surface area contributed by atoms with Crippen molar-refractivity contribution in [1.29, 1.82) is 0 Å². The quantitative estimate of drug-likeness (QED) is 0.726. The summed E-state index contributed by atoms with van der Waals surface area (Å²) in [6.45, 7) is 3.98. The van der Waals surface area contributed by atoms with E-state index in [0.29, 0.717) is 5.95 Å². The molecule has 3 rings (SSSR count). The Labute approximate surface area is 152 Å². The first-order valence-corrected chi connectivity index (χ1v) is 8.17. The van der Waals surface area contributed by atoms with Crippen LogP contribution in [0.15, 0.2) is 54.7 Å². The molecule has 0 bridgehead atoms. The molecule has 2 aromatic carbocycles. The van der Waals surface area contributed by atoms with E-state index >= 15 is 0 Å². The molecule has 1 heterocycles. The highest BCUT2D eigenvalue weighted by Gasteiger charge is 2.10. The van der Waals surface area contributed by atoms with Crippen LogP contribution < -0.4 is 15.4 Å². The van der Waals surface area contributed by atoms with E-state index in [2.05, 4.69) is 26.7 Å². The zero-order valence-electron chi connectivity index (χ0n) is 14.9. The second-order valence-electron chi connectivity index (χ2n) is 5.95. The number of hydrogen-bond donors (Lipinski definition) is 2. The van der Waals surface area contributed by atoms with Gasteiger partial charge in [-0.25, -0.2) is 9.97 Å².